The molecule has 0 saturated heterocycles. The first-order valence-electron chi connectivity index (χ1n) is 8.35. The van der Waals surface area contributed by atoms with Crippen LogP contribution in [0.25, 0.3) is 0 Å². The fourth-order valence-corrected chi connectivity index (χ4v) is 3.56. The molecule has 0 bridgehead atoms. The van der Waals surface area contributed by atoms with Crippen molar-refractivity contribution in [1.29, 1.82) is 5.26 Å². The summed E-state index contributed by atoms with van der Waals surface area (Å²) < 4.78 is 0. The zero-order valence-electron chi connectivity index (χ0n) is 14.6. The van der Waals surface area contributed by atoms with E-state index in [2.05, 4.69) is 26.7 Å². The summed E-state index contributed by atoms with van der Waals surface area (Å²) >= 11 is 13.2. The van der Waals surface area contributed by atoms with Gasteiger partial charge in [0.05, 0.1) is 21.2 Å². The minimum absolute atomic E-state index is 0.289. The minimum Gasteiger partial charge on any atom is -0.367 e. The van der Waals surface area contributed by atoms with E-state index in [0.717, 1.165) is 18.5 Å². The second-order valence-electron chi connectivity index (χ2n) is 6.03. The van der Waals surface area contributed by atoms with Gasteiger partial charge in [-0.25, -0.2) is 9.97 Å². The maximum atomic E-state index is 12.6. The molecule has 3 rings (SSSR count). The van der Waals surface area contributed by atoms with Crippen LogP contribution in [0.3, 0.4) is 0 Å². The van der Waals surface area contributed by atoms with Crippen LogP contribution in [0, 0.1) is 11.3 Å². The predicted molar refractivity (Wildman–Crippen MR) is 108 cm³/mol. The summed E-state index contributed by atoms with van der Waals surface area (Å²) in [6, 6.07) is 5.45. The third-order valence-electron chi connectivity index (χ3n) is 4.06. The molecule has 0 radical (unpaired) electrons. The number of anilines is 1. The van der Waals surface area contributed by atoms with Gasteiger partial charge < -0.3 is 10.6 Å². The maximum Gasteiger partial charge on any atom is 0.252 e. The standard InChI is InChI=1S/C18H17Cl2N5OS/c1-27-18-13(8-21)12(7-15(25-18)10-2-3-10)17(26)23-5-4-22-16-14(20)6-11(19)9-24-16/h6-7,9-10H,2-5H2,1H3,(H,22,24)(H,23,26). The van der Waals surface area contributed by atoms with Gasteiger partial charge >= 0.3 is 0 Å². The molecule has 6 nitrogen and oxygen atoms in total. The van der Waals surface area contributed by atoms with Crippen LogP contribution in [-0.4, -0.2) is 35.2 Å². The molecule has 0 aliphatic heterocycles. The summed E-state index contributed by atoms with van der Waals surface area (Å²) in [6.07, 6.45) is 5.50. The van der Waals surface area contributed by atoms with Crippen LogP contribution in [-0.2, 0) is 0 Å². The van der Waals surface area contributed by atoms with Crippen molar-refractivity contribution in [1.82, 2.24) is 15.3 Å². The van der Waals surface area contributed by atoms with E-state index in [-0.39, 0.29) is 5.91 Å². The Bertz CT molecular complexity index is 911. The SMILES string of the molecule is CSc1nc(C2CC2)cc(C(=O)NCCNc2ncc(Cl)cc2Cl)c1C#N. The average Bonchev–Trinajstić information content (AvgIpc) is 3.50. The highest BCUT2D eigenvalue weighted by Crippen LogP contribution is 2.40. The molecule has 0 aromatic carbocycles. The van der Waals surface area contributed by atoms with Crippen molar-refractivity contribution in [3.05, 3.63) is 45.2 Å². The Morgan fingerprint density at radius 2 is 2.15 bits per heavy atom. The quantitative estimate of drug-likeness (QED) is 0.516. The van der Waals surface area contributed by atoms with Crippen LogP contribution in [0.1, 0.15) is 40.4 Å². The zero-order valence-corrected chi connectivity index (χ0v) is 16.9. The number of aromatic nitrogens is 2. The Hall–Kier alpha value is -2.01. The summed E-state index contributed by atoms with van der Waals surface area (Å²) in [5, 5.41) is 16.8. The van der Waals surface area contributed by atoms with Gasteiger partial charge in [0.15, 0.2) is 0 Å². The molecule has 1 amide bonds. The van der Waals surface area contributed by atoms with Gasteiger partial charge in [0, 0.05) is 30.9 Å². The third-order valence-corrected chi connectivity index (χ3v) is 5.24. The first-order chi connectivity index (χ1) is 13.0. The molecule has 2 heterocycles. The van der Waals surface area contributed by atoms with Crippen molar-refractivity contribution in [2.24, 2.45) is 0 Å². The lowest BCUT2D eigenvalue weighted by Crippen LogP contribution is -2.30. The molecule has 1 saturated carbocycles. The third kappa shape index (κ3) is 4.83. The Morgan fingerprint density at radius 1 is 1.37 bits per heavy atom. The van der Waals surface area contributed by atoms with Crippen molar-refractivity contribution in [3.8, 4) is 6.07 Å². The van der Waals surface area contributed by atoms with Crippen molar-refractivity contribution in [3.63, 3.8) is 0 Å². The number of nitrogens with zero attached hydrogens (tertiary/aromatic N) is 3. The fraction of sp³-hybridized carbons (Fsp3) is 0.333. The fourth-order valence-electron chi connectivity index (χ4n) is 2.56. The molecule has 1 aliphatic carbocycles. The molecular formula is C18H17Cl2N5OS. The molecule has 0 spiro atoms. The number of carbonyl (C=O) groups excluding carboxylic acids is 1. The van der Waals surface area contributed by atoms with E-state index in [1.54, 1.807) is 12.1 Å². The summed E-state index contributed by atoms with van der Waals surface area (Å²) in [5.41, 5.74) is 1.58. The van der Waals surface area contributed by atoms with E-state index >= 15 is 0 Å². The van der Waals surface area contributed by atoms with Crippen LogP contribution in [0.15, 0.2) is 23.4 Å². The Labute approximate surface area is 171 Å². The van der Waals surface area contributed by atoms with Crippen molar-refractivity contribution >= 4 is 46.7 Å². The molecule has 2 aromatic rings. The summed E-state index contributed by atoms with van der Waals surface area (Å²) in [5.74, 6) is 0.607. The van der Waals surface area contributed by atoms with E-state index in [9.17, 15) is 10.1 Å². The molecule has 140 valence electrons. The highest BCUT2D eigenvalue weighted by atomic mass is 35.5. The van der Waals surface area contributed by atoms with Crippen LogP contribution in [0.4, 0.5) is 5.82 Å². The first kappa shape index (κ1) is 19.7. The summed E-state index contributed by atoms with van der Waals surface area (Å²) in [6.45, 7) is 0.776. The topological polar surface area (TPSA) is 90.7 Å². The normalized spacial score (nSPS) is 13.1. The number of rotatable bonds is 7. The lowest BCUT2D eigenvalue weighted by molar-refractivity contribution is 0.0954. The van der Waals surface area contributed by atoms with Gasteiger partial charge in [0.2, 0.25) is 0 Å². The molecule has 27 heavy (non-hydrogen) atoms. The van der Waals surface area contributed by atoms with Gasteiger partial charge in [0.1, 0.15) is 16.9 Å². The summed E-state index contributed by atoms with van der Waals surface area (Å²) in [4.78, 5) is 21.3. The second-order valence-corrected chi connectivity index (χ2v) is 7.67. The van der Waals surface area contributed by atoms with Gasteiger partial charge in [-0.3, -0.25) is 4.79 Å². The number of halogens is 2. The molecule has 0 unspecified atom stereocenters. The smallest absolute Gasteiger partial charge is 0.252 e. The van der Waals surface area contributed by atoms with Crippen LogP contribution >= 0.6 is 35.0 Å². The van der Waals surface area contributed by atoms with E-state index < -0.39 is 0 Å². The van der Waals surface area contributed by atoms with E-state index in [1.807, 2.05) is 6.26 Å². The molecule has 1 aliphatic rings. The number of carbonyl (C=O) groups is 1. The molecule has 1 fully saturated rings. The minimum atomic E-state index is -0.289. The number of amides is 1. The Morgan fingerprint density at radius 3 is 2.78 bits per heavy atom. The molecule has 2 N–H and O–H groups in total. The average molecular weight is 422 g/mol. The van der Waals surface area contributed by atoms with E-state index in [1.165, 1.54) is 18.0 Å². The highest BCUT2D eigenvalue weighted by molar-refractivity contribution is 7.98. The lowest BCUT2D eigenvalue weighted by atomic mass is 10.1. The number of hydrogen-bond donors (Lipinski definition) is 2. The zero-order chi connectivity index (χ0) is 19.4. The molecule has 2 aromatic heterocycles. The number of hydrogen-bond acceptors (Lipinski definition) is 6. The van der Waals surface area contributed by atoms with Gasteiger partial charge in [-0.05, 0) is 31.2 Å². The monoisotopic (exact) mass is 421 g/mol. The largest absolute Gasteiger partial charge is 0.367 e. The van der Waals surface area contributed by atoms with E-state index in [0.29, 0.717) is 51.0 Å². The number of pyridine rings is 2. The second kappa shape index (κ2) is 8.79. The molecular weight excluding hydrogens is 405 g/mol. The van der Waals surface area contributed by atoms with Crippen molar-refractivity contribution in [2.75, 3.05) is 24.7 Å². The van der Waals surface area contributed by atoms with Crippen molar-refractivity contribution < 1.29 is 4.79 Å². The lowest BCUT2D eigenvalue weighted by Gasteiger charge is -2.12. The number of nitriles is 1. The summed E-state index contributed by atoms with van der Waals surface area (Å²) in [7, 11) is 0. The maximum absolute atomic E-state index is 12.6. The Balaban J connectivity index is 1.65. The van der Waals surface area contributed by atoms with Gasteiger partial charge in [-0.15, -0.1) is 11.8 Å². The Kier molecular flexibility index (Phi) is 6.42. The van der Waals surface area contributed by atoms with Crippen LogP contribution in [0.2, 0.25) is 10.0 Å². The van der Waals surface area contributed by atoms with Crippen LogP contribution < -0.4 is 10.6 Å². The predicted octanol–water partition coefficient (Wildman–Crippen LogP) is 4.10. The number of thioether (sulfide) groups is 1. The van der Waals surface area contributed by atoms with Crippen molar-refractivity contribution in [2.45, 2.75) is 23.8 Å². The first-order valence-corrected chi connectivity index (χ1v) is 10.3. The van der Waals surface area contributed by atoms with E-state index in [4.69, 9.17) is 23.2 Å². The molecule has 9 heteroatoms. The van der Waals surface area contributed by atoms with Gasteiger partial charge in [0.25, 0.3) is 5.91 Å². The number of nitrogens with one attached hydrogen (secondary N) is 2. The molecule has 0 atom stereocenters. The highest BCUT2D eigenvalue weighted by Gasteiger charge is 2.28. The van der Waals surface area contributed by atoms with Gasteiger partial charge in [-0.1, -0.05) is 23.2 Å². The van der Waals surface area contributed by atoms with Gasteiger partial charge in [-0.2, -0.15) is 5.26 Å². The van der Waals surface area contributed by atoms with Crippen LogP contribution in [0.5, 0.6) is 0 Å².